The Morgan fingerprint density at radius 1 is 0.977 bits per heavy atom. The van der Waals surface area contributed by atoms with Crippen molar-refractivity contribution in [3.05, 3.63) is 138 Å². The van der Waals surface area contributed by atoms with Gasteiger partial charge in [0.25, 0.3) is 5.91 Å². The van der Waals surface area contributed by atoms with E-state index in [1.807, 2.05) is 85.1 Å². The molecule has 1 aliphatic rings. The van der Waals surface area contributed by atoms with Gasteiger partial charge in [0, 0.05) is 29.0 Å². The van der Waals surface area contributed by atoms with Crippen LogP contribution in [-0.2, 0) is 4.79 Å². The van der Waals surface area contributed by atoms with E-state index in [-0.39, 0.29) is 30.4 Å². The number of carbonyl (C=O) groups is 1. The molecule has 0 saturated carbocycles. The topological polar surface area (TPSA) is 71.4 Å². The number of carbonyl (C=O) groups excluding carboxylic acids is 1. The van der Waals surface area contributed by atoms with Gasteiger partial charge in [0.05, 0.1) is 23.5 Å². The number of benzene rings is 3. The van der Waals surface area contributed by atoms with Gasteiger partial charge in [-0.25, -0.2) is 4.39 Å². The van der Waals surface area contributed by atoms with Crippen LogP contribution in [0.3, 0.4) is 0 Å². The van der Waals surface area contributed by atoms with E-state index in [1.54, 1.807) is 30.5 Å². The fourth-order valence-corrected chi connectivity index (χ4v) is 5.95. The lowest BCUT2D eigenvalue weighted by molar-refractivity contribution is -0.118. The maximum atomic E-state index is 14.9. The summed E-state index contributed by atoms with van der Waals surface area (Å²) in [6, 6.07) is 30.9. The molecule has 2 aromatic heterocycles. The monoisotopic (exact) mass is 591 g/mol. The van der Waals surface area contributed by atoms with Crippen molar-refractivity contribution in [3.8, 4) is 11.4 Å². The van der Waals surface area contributed by atoms with Crippen molar-refractivity contribution in [3.63, 3.8) is 0 Å². The molecule has 1 aliphatic heterocycles. The summed E-state index contributed by atoms with van der Waals surface area (Å²) in [4.78, 5) is 19.2. The summed E-state index contributed by atoms with van der Waals surface area (Å²) < 4.78 is 22.4. The summed E-state index contributed by atoms with van der Waals surface area (Å²) in [5, 5.41) is 6.91. The SMILES string of the molecule is Cc1cc([C@@H]2[C@@H](c3ccccn3)NC(=S)N2c2ccc(NC(=O)COc3ccccc3)cc2)c(C)n1-c1ccccc1F. The van der Waals surface area contributed by atoms with E-state index >= 15 is 0 Å². The minimum Gasteiger partial charge on any atom is -0.484 e. The fourth-order valence-electron chi connectivity index (χ4n) is 5.61. The molecule has 3 aromatic carbocycles. The van der Waals surface area contributed by atoms with Crippen LogP contribution in [0, 0.1) is 19.7 Å². The second kappa shape index (κ2) is 12.1. The molecule has 1 saturated heterocycles. The maximum absolute atomic E-state index is 14.9. The highest BCUT2D eigenvalue weighted by Gasteiger charge is 2.42. The number of para-hydroxylation sites is 2. The van der Waals surface area contributed by atoms with E-state index in [2.05, 4.69) is 26.6 Å². The molecular formula is C34H30FN5O2S. The number of ether oxygens (including phenoxy) is 1. The van der Waals surface area contributed by atoms with Gasteiger partial charge in [-0.1, -0.05) is 36.4 Å². The zero-order valence-electron chi connectivity index (χ0n) is 23.7. The van der Waals surface area contributed by atoms with E-state index < -0.39 is 0 Å². The third-order valence-corrected chi connectivity index (χ3v) is 7.84. The number of aromatic nitrogens is 2. The summed E-state index contributed by atoms with van der Waals surface area (Å²) in [6.45, 7) is 3.88. The number of nitrogens with zero attached hydrogens (tertiary/aromatic N) is 3. The molecule has 0 bridgehead atoms. The van der Waals surface area contributed by atoms with Gasteiger partial charge in [0.15, 0.2) is 11.7 Å². The smallest absolute Gasteiger partial charge is 0.262 e. The Morgan fingerprint density at radius 3 is 2.42 bits per heavy atom. The molecule has 43 heavy (non-hydrogen) atoms. The quantitative estimate of drug-likeness (QED) is 0.193. The molecule has 216 valence electrons. The van der Waals surface area contributed by atoms with E-state index in [4.69, 9.17) is 17.0 Å². The highest BCUT2D eigenvalue weighted by Crippen LogP contribution is 2.44. The van der Waals surface area contributed by atoms with Crippen LogP contribution in [0.15, 0.2) is 109 Å². The summed E-state index contributed by atoms with van der Waals surface area (Å²) in [7, 11) is 0. The van der Waals surface area contributed by atoms with Crippen LogP contribution >= 0.6 is 12.2 Å². The molecule has 3 heterocycles. The van der Waals surface area contributed by atoms with Gasteiger partial charge < -0.3 is 24.8 Å². The van der Waals surface area contributed by atoms with Crippen LogP contribution < -0.4 is 20.3 Å². The first-order valence-electron chi connectivity index (χ1n) is 13.9. The molecule has 5 aromatic rings. The predicted octanol–water partition coefficient (Wildman–Crippen LogP) is 6.82. The van der Waals surface area contributed by atoms with Crippen LogP contribution in [0.25, 0.3) is 5.69 Å². The van der Waals surface area contributed by atoms with Crippen molar-refractivity contribution in [1.82, 2.24) is 14.9 Å². The standard InChI is InChI=1S/C34H30FN5O2S/c1-22-20-27(23(2)39(22)30-14-7-6-12-28(30)35)33-32(29-13-8-9-19-36-29)38-34(43)40(33)25-17-15-24(16-18-25)37-31(41)21-42-26-10-4-3-5-11-26/h3-20,32-33H,21H2,1-2H3,(H,37,41)(H,38,43)/t32-,33-/m1/s1. The molecule has 9 heteroatoms. The van der Waals surface area contributed by atoms with E-state index in [9.17, 15) is 9.18 Å². The van der Waals surface area contributed by atoms with Crippen molar-refractivity contribution in [2.75, 3.05) is 16.8 Å². The van der Waals surface area contributed by atoms with Gasteiger partial charge in [0.1, 0.15) is 11.6 Å². The van der Waals surface area contributed by atoms with Crippen molar-refractivity contribution in [2.24, 2.45) is 0 Å². The van der Waals surface area contributed by atoms with Crippen molar-refractivity contribution < 1.29 is 13.9 Å². The first-order valence-corrected chi connectivity index (χ1v) is 14.3. The van der Waals surface area contributed by atoms with Gasteiger partial charge >= 0.3 is 0 Å². The van der Waals surface area contributed by atoms with Gasteiger partial charge in [-0.3, -0.25) is 9.78 Å². The average Bonchev–Trinajstić information content (AvgIpc) is 3.52. The normalized spacial score (nSPS) is 16.2. The predicted molar refractivity (Wildman–Crippen MR) is 170 cm³/mol. The Hall–Kier alpha value is -5.02. The van der Waals surface area contributed by atoms with Gasteiger partial charge in [-0.2, -0.15) is 0 Å². The zero-order valence-corrected chi connectivity index (χ0v) is 24.5. The number of pyridine rings is 1. The minimum atomic E-state index is -0.291. The lowest BCUT2D eigenvalue weighted by atomic mass is 9.96. The Bertz CT molecular complexity index is 1760. The van der Waals surface area contributed by atoms with E-state index in [1.165, 1.54) is 6.07 Å². The fraction of sp³-hybridized carbons (Fsp3) is 0.147. The van der Waals surface area contributed by atoms with E-state index in [0.29, 0.717) is 22.2 Å². The number of thiocarbonyl (C=S) groups is 1. The Morgan fingerprint density at radius 2 is 1.70 bits per heavy atom. The highest BCUT2D eigenvalue weighted by molar-refractivity contribution is 7.80. The number of rotatable bonds is 8. The number of amides is 1. The van der Waals surface area contributed by atoms with Crippen LogP contribution in [0.1, 0.15) is 34.7 Å². The Labute approximate surface area is 255 Å². The Kier molecular flexibility index (Phi) is 7.89. The van der Waals surface area contributed by atoms with Gasteiger partial charge in [-0.15, -0.1) is 0 Å². The molecule has 2 N–H and O–H groups in total. The first kappa shape index (κ1) is 28.1. The molecule has 0 radical (unpaired) electrons. The molecule has 2 atom stereocenters. The van der Waals surface area contributed by atoms with Crippen LogP contribution in [0.5, 0.6) is 5.75 Å². The first-order chi connectivity index (χ1) is 20.9. The van der Waals surface area contributed by atoms with E-state index in [0.717, 1.165) is 28.3 Å². The van der Waals surface area contributed by atoms with Gasteiger partial charge in [0.2, 0.25) is 0 Å². The van der Waals surface area contributed by atoms with Crippen molar-refractivity contribution in [2.45, 2.75) is 25.9 Å². The summed E-state index contributed by atoms with van der Waals surface area (Å²) in [5.74, 6) is 0.0791. The third kappa shape index (κ3) is 5.72. The highest BCUT2D eigenvalue weighted by atomic mass is 32.1. The molecule has 7 nitrogen and oxygen atoms in total. The number of aryl methyl sites for hydroxylation is 1. The Balaban J connectivity index is 1.31. The van der Waals surface area contributed by atoms with Crippen LogP contribution in [0.2, 0.25) is 0 Å². The molecule has 6 rings (SSSR count). The lowest BCUT2D eigenvalue weighted by Gasteiger charge is -2.28. The van der Waals surface area contributed by atoms with Crippen LogP contribution in [-0.4, -0.2) is 27.2 Å². The molecule has 1 fully saturated rings. The van der Waals surface area contributed by atoms with Crippen LogP contribution in [0.4, 0.5) is 15.8 Å². The average molecular weight is 592 g/mol. The largest absolute Gasteiger partial charge is 0.484 e. The molecule has 0 spiro atoms. The number of nitrogens with one attached hydrogen (secondary N) is 2. The summed E-state index contributed by atoms with van der Waals surface area (Å²) in [6.07, 6.45) is 1.77. The summed E-state index contributed by atoms with van der Waals surface area (Å²) in [5.41, 5.74) is 5.64. The second-order valence-corrected chi connectivity index (χ2v) is 10.7. The second-order valence-electron chi connectivity index (χ2n) is 10.3. The minimum absolute atomic E-state index is 0.0998. The zero-order chi connectivity index (χ0) is 29.9. The molecular weight excluding hydrogens is 561 g/mol. The number of hydrogen-bond acceptors (Lipinski definition) is 4. The summed E-state index contributed by atoms with van der Waals surface area (Å²) >= 11 is 5.89. The molecule has 0 aliphatic carbocycles. The maximum Gasteiger partial charge on any atom is 0.262 e. The molecule has 1 amide bonds. The van der Waals surface area contributed by atoms with Gasteiger partial charge in [-0.05, 0) is 98.4 Å². The van der Waals surface area contributed by atoms with Crippen molar-refractivity contribution in [1.29, 1.82) is 0 Å². The number of halogens is 1. The lowest BCUT2D eigenvalue weighted by Crippen LogP contribution is -2.29. The molecule has 0 unspecified atom stereocenters. The number of anilines is 2. The third-order valence-electron chi connectivity index (χ3n) is 7.52. The number of hydrogen-bond donors (Lipinski definition) is 2. The van der Waals surface area contributed by atoms with Crippen molar-refractivity contribution >= 4 is 34.6 Å².